The predicted molar refractivity (Wildman–Crippen MR) is 111 cm³/mol. The molecule has 0 aromatic heterocycles. The Hall–Kier alpha value is -2.26. The normalized spacial score (nSPS) is 25.6. The van der Waals surface area contributed by atoms with Crippen molar-refractivity contribution in [3.8, 4) is 0 Å². The molecule has 2 bridgehead atoms. The summed E-state index contributed by atoms with van der Waals surface area (Å²) in [5.41, 5.74) is -0.135. The molecule has 0 aliphatic heterocycles. The maximum absolute atomic E-state index is 12.9. The third-order valence-corrected chi connectivity index (χ3v) is 7.77. The summed E-state index contributed by atoms with van der Waals surface area (Å²) in [5.74, 6) is 0.880. The van der Waals surface area contributed by atoms with Crippen LogP contribution in [0.2, 0.25) is 0 Å². The molecular formula is C21H28N2O6S. The van der Waals surface area contributed by atoms with Gasteiger partial charge in [-0.15, -0.1) is 0 Å². The van der Waals surface area contributed by atoms with Crippen molar-refractivity contribution in [1.29, 1.82) is 0 Å². The van der Waals surface area contributed by atoms with E-state index in [1.54, 1.807) is 0 Å². The van der Waals surface area contributed by atoms with Gasteiger partial charge in [0.2, 0.25) is 10.0 Å². The van der Waals surface area contributed by atoms with E-state index in [4.69, 9.17) is 0 Å². The van der Waals surface area contributed by atoms with E-state index in [2.05, 4.69) is 21.6 Å². The monoisotopic (exact) mass is 436 g/mol. The van der Waals surface area contributed by atoms with E-state index < -0.39 is 14.9 Å². The molecule has 0 unspecified atom stereocenters. The van der Waals surface area contributed by atoms with Crippen molar-refractivity contribution in [2.45, 2.75) is 55.9 Å². The molecule has 1 aromatic carbocycles. The van der Waals surface area contributed by atoms with E-state index in [1.807, 2.05) is 0 Å². The van der Waals surface area contributed by atoms with E-state index in [-0.39, 0.29) is 28.5 Å². The molecule has 2 aliphatic rings. The maximum Gasteiger partial charge on any atom is 0.305 e. The standard InChI is InChI=1S/C21H28N2O6S/c1-29-20(24)7-5-3-2-4-6-19-15-8-9-16(14-15)21(19)22-30(27,28)18-12-10-17(11-13-18)23(25)26/h2,4,10-13,15-16,19,21-22H,3,5-9,14H2,1H3/b4-2-/t15-,16+,19+,21+/m0/s1. The van der Waals surface area contributed by atoms with Crippen LogP contribution in [0.3, 0.4) is 0 Å². The quantitative estimate of drug-likeness (QED) is 0.197. The second kappa shape index (κ2) is 9.70. The topological polar surface area (TPSA) is 116 Å². The zero-order valence-electron chi connectivity index (χ0n) is 17.0. The second-order valence-electron chi connectivity index (χ2n) is 8.07. The molecule has 2 fully saturated rings. The first-order valence-electron chi connectivity index (χ1n) is 10.3. The highest BCUT2D eigenvalue weighted by atomic mass is 32.2. The Morgan fingerprint density at radius 3 is 2.60 bits per heavy atom. The zero-order chi connectivity index (χ0) is 21.7. The largest absolute Gasteiger partial charge is 0.469 e. The number of hydrogen-bond acceptors (Lipinski definition) is 6. The Bertz CT molecular complexity index is 897. The fourth-order valence-electron chi connectivity index (χ4n) is 4.76. The van der Waals surface area contributed by atoms with E-state index >= 15 is 0 Å². The van der Waals surface area contributed by atoms with E-state index in [1.165, 1.54) is 31.4 Å². The van der Waals surface area contributed by atoms with E-state index in [9.17, 15) is 23.3 Å². The minimum atomic E-state index is -3.74. The van der Waals surface area contributed by atoms with Crippen LogP contribution in [0.4, 0.5) is 5.69 Å². The third-order valence-electron chi connectivity index (χ3n) is 6.29. The van der Waals surface area contributed by atoms with Gasteiger partial charge in [-0.05, 0) is 68.4 Å². The van der Waals surface area contributed by atoms with Gasteiger partial charge in [0.15, 0.2) is 0 Å². The smallest absolute Gasteiger partial charge is 0.305 e. The first-order chi connectivity index (χ1) is 14.3. The van der Waals surface area contributed by atoms with Gasteiger partial charge in [-0.3, -0.25) is 14.9 Å². The van der Waals surface area contributed by atoms with Gasteiger partial charge in [0, 0.05) is 24.6 Å². The Labute approximate surface area is 176 Å². The Balaban J connectivity index is 1.60. The minimum Gasteiger partial charge on any atom is -0.469 e. The molecule has 2 saturated carbocycles. The molecule has 9 heteroatoms. The average molecular weight is 437 g/mol. The lowest BCUT2D eigenvalue weighted by atomic mass is 9.83. The van der Waals surface area contributed by atoms with Gasteiger partial charge in [0.05, 0.1) is 16.9 Å². The predicted octanol–water partition coefficient (Wildman–Crippen LogP) is 3.58. The Morgan fingerprint density at radius 1 is 1.23 bits per heavy atom. The minimum absolute atomic E-state index is 0.0491. The van der Waals surface area contributed by atoms with Crippen LogP contribution in [-0.4, -0.2) is 32.5 Å². The number of nitrogens with zero attached hydrogens (tertiary/aromatic N) is 1. The van der Waals surface area contributed by atoms with Crippen LogP contribution in [0, 0.1) is 27.9 Å². The lowest BCUT2D eigenvalue weighted by Gasteiger charge is -2.31. The summed E-state index contributed by atoms with van der Waals surface area (Å²) in [7, 11) is -2.36. The summed E-state index contributed by atoms with van der Waals surface area (Å²) in [5, 5.41) is 10.8. The number of carbonyl (C=O) groups is 1. The van der Waals surface area contributed by atoms with Gasteiger partial charge < -0.3 is 4.74 Å². The summed E-state index contributed by atoms with van der Waals surface area (Å²) >= 11 is 0. The molecule has 0 radical (unpaired) electrons. The van der Waals surface area contributed by atoms with Gasteiger partial charge in [-0.1, -0.05) is 12.2 Å². The van der Waals surface area contributed by atoms with Crippen LogP contribution in [0.25, 0.3) is 0 Å². The molecule has 2 aliphatic carbocycles. The summed E-state index contributed by atoms with van der Waals surface area (Å²) in [6, 6.07) is 4.87. The Kier molecular flexibility index (Phi) is 7.25. The van der Waals surface area contributed by atoms with Crippen LogP contribution in [0.5, 0.6) is 0 Å². The number of nitro groups is 1. The number of ether oxygens (including phenoxy) is 1. The summed E-state index contributed by atoms with van der Waals surface area (Å²) in [4.78, 5) is 21.4. The highest BCUT2D eigenvalue weighted by Crippen LogP contribution is 2.50. The number of rotatable bonds is 10. The Morgan fingerprint density at radius 2 is 1.93 bits per heavy atom. The molecule has 1 N–H and O–H groups in total. The van der Waals surface area contributed by atoms with Gasteiger partial charge in [-0.25, -0.2) is 13.1 Å². The number of carbonyl (C=O) groups excluding carboxylic acids is 1. The van der Waals surface area contributed by atoms with Gasteiger partial charge >= 0.3 is 5.97 Å². The summed E-state index contributed by atoms with van der Waals surface area (Å²) in [6.07, 6.45) is 10.0. The number of non-ortho nitro benzene ring substituents is 1. The number of benzene rings is 1. The SMILES string of the molecule is COC(=O)CCC/C=C\C[C@@H]1[C@H]2CC[C@H](C2)[C@H]1NS(=O)(=O)c1ccc([N+](=O)[O-])cc1. The molecule has 30 heavy (non-hydrogen) atoms. The fraction of sp³-hybridized carbons (Fsp3) is 0.571. The first kappa shape index (κ1) is 22.4. The summed E-state index contributed by atoms with van der Waals surface area (Å²) < 4.78 is 33.2. The van der Waals surface area contributed by atoms with Crippen molar-refractivity contribution in [1.82, 2.24) is 4.72 Å². The molecule has 0 heterocycles. The number of nitrogens with one attached hydrogen (secondary N) is 1. The number of esters is 1. The van der Waals surface area contributed by atoms with Gasteiger partial charge in [-0.2, -0.15) is 0 Å². The third kappa shape index (κ3) is 5.26. The molecule has 4 atom stereocenters. The molecular weight excluding hydrogens is 408 g/mol. The highest BCUT2D eigenvalue weighted by molar-refractivity contribution is 7.89. The molecule has 0 amide bonds. The molecule has 3 rings (SSSR count). The van der Waals surface area contributed by atoms with Gasteiger partial charge in [0.1, 0.15) is 0 Å². The number of unbranched alkanes of at least 4 members (excludes halogenated alkanes) is 1. The number of nitro benzene ring substituents is 1. The number of methoxy groups -OCH3 is 1. The number of hydrogen-bond donors (Lipinski definition) is 1. The van der Waals surface area contributed by atoms with Crippen LogP contribution in [0.15, 0.2) is 41.3 Å². The average Bonchev–Trinajstić information content (AvgIpc) is 3.32. The maximum atomic E-state index is 12.9. The van der Waals surface area contributed by atoms with Crippen LogP contribution >= 0.6 is 0 Å². The van der Waals surface area contributed by atoms with E-state index in [0.29, 0.717) is 18.3 Å². The van der Waals surface area contributed by atoms with Crippen molar-refractivity contribution in [2.24, 2.45) is 17.8 Å². The van der Waals surface area contributed by atoms with Crippen molar-refractivity contribution in [3.05, 3.63) is 46.5 Å². The van der Waals surface area contributed by atoms with E-state index in [0.717, 1.165) is 38.5 Å². The summed E-state index contributed by atoms with van der Waals surface area (Å²) in [6.45, 7) is 0. The van der Waals surface area contributed by atoms with Crippen molar-refractivity contribution in [2.75, 3.05) is 7.11 Å². The van der Waals surface area contributed by atoms with Crippen molar-refractivity contribution >= 4 is 21.7 Å². The number of fused-ring (bicyclic) bond motifs is 2. The molecule has 0 spiro atoms. The molecule has 164 valence electrons. The van der Waals surface area contributed by atoms with Crippen LogP contribution in [0.1, 0.15) is 44.9 Å². The molecule has 0 saturated heterocycles. The van der Waals surface area contributed by atoms with Gasteiger partial charge in [0.25, 0.3) is 5.69 Å². The van der Waals surface area contributed by atoms with Crippen LogP contribution in [-0.2, 0) is 19.6 Å². The lowest BCUT2D eigenvalue weighted by molar-refractivity contribution is -0.384. The number of sulfonamides is 1. The first-order valence-corrected chi connectivity index (χ1v) is 11.8. The molecule has 1 aromatic rings. The second-order valence-corrected chi connectivity index (χ2v) is 9.78. The van der Waals surface area contributed by atoms with Crippen molar-refractivity contribution in [3.63, 3.8) is 0 Å². The highest BCUT2D eigenvalue weighted by Gasteiger charge is 2.48. The molecule has 8 nitrogen and oxygen atoms in total. The lowest BCUT2D eigenvalue weighted by Crippen LogP contribution is -2.43. The number of allylic oxidation sites excluding steroid dienone is 2. The van der Waals surface area contributed by atoms with Crippen LogP contribution < -0.4 is 4.72 Å². The zero-order valence-corrected chi connectivity index (χ0v) is 17.8. The fourth-order valence-corrected chi connectivity index (χ4v) is 6.12. The van der Waals surface area contributed by atoms with Crippen molar-refractivity contribution < 1.29 is 22.9 Å².